The van der Waals surface area contributed by atoms with Gasteiger partial charge < -0.3 is 18.6 Å². The van der Waals surface area contributed by atoms with E-state index in [2.05, 4.69) is 27.5 Å². The highest BCUT2D eigenvalue weighted by molar-refractivity contribution is 5.97. The number of para-hydroxylation sites is 1. The number of benzene rings is 2. The molecule has 0 aliphatic carbocycles. The van der Waals surface area contributed by atoms with Gasteiger partial charge in [-0.25, -0.2) is 4.79 Å². The van der Waals surface area contributed by atoms with E-state index < -0.39 is 6.10 Å². The lowest BCUT2D eigenvalue weighted by atomic mass is 10.0. The van der Waals surface area contributed by atoms with Crippen LogP contribution in [0.5, 0.6) is 5.75 Å². The van der Waals surface area contributed by atoms with E-state index in [1.807, 2.05) is 43.4 Å². The lowest BCUT2D eigenvalue weighted by molar-refractivity contribution is 0.0486. The molecule has 0 N–H and O–H groups in total. The minimum absolute atomic E-state index is 0.313. The quantitative estimate of drug-likeness (QED) is 0.406. The van der Waals surface area contributed by atoms with Crippen molar-refractivity contribution >= 4 is 21.8 Å². The van der Waals surface area contributed by atoms with Crippen LogP contribution in [0.15, 0.2) is 64.3 Å². The molecule has 1 atom stereocenters. The van der Waals surface area contributed by atoms with E-state index in [0.717, 1.165) is 39.2 Å². The van der Waals surface area contributed by atoms with E-state index in [1.54, 1.807) is 18.7 Å². The molecule has 8 heteroatoms. The normalized spacial score (nSPS) is 15.6. The van der Waals surface area contributed by atoms with Crippen LogP contribution in [-0.2, 0) is 32.4 Å². The number of aryl methyl sites for hydroxylation is 2. The summed E-state index contributed by atoms with van der Waals surface area (Å²) < 4.78 is 18.7. The first-order valence-electron chi connectivity index (χ1n) is 11.5. The number of fused-ring (bicyclic) bond motifs is 4. The first-order valence-corrected chi connectivity index (χ1v) is 11.5. The Morgan fingerprint density at radius 3 is 2.46 bits per heavy atom. The zero-order chi connectivity index (χ0) is 24.4. The SMILES string of the molecule is COc1ccc(-c2c3c(=O)n(C)c(=O)n(C)c3c3n2CCO[C@@H]3c2cn(C)c3ccccc23)cc1. The molecule has 178 valence electrons. The van der Waals surface area contributed by atoms with Crippen LogP contribution in [0.25, 0.3) is 33.1 Å². The van der Waals surface area contributed by atoms with Crippen LogP contribution in [0.2, 0.25) is 0 Å². The van der Waals surface area contributed by atoms with Crippen LogP contribution in [0.4, 0.5) is 0 Å². The second-order valence-corrected chi connectivity index (χ2v) is 9.01. The van der Waals surface area contributed by atoms with Gasteiger partial charge in [0, 0.05) is 50.4 Å². The molecule has 0 spiro atoms. The van der Waals surface area contributed by atoms with Gasteiger partial charge in [-0.2, -0.15) is 0 Å². The van der Waals surface area contributed by atoms with Gasteiger partial charge in [0.1, 0.15) is 11.9 Å². The summed E-state index contributed by atoms with van der Waals surface area (Å²) in [5, 5.41) is 1.60. The molecular weight excluding hydrogens is 444 g/mol. The van der Waals surface area contributed by atoms with Crippen molar-refractivity contribution in [2.24, 2.45) is 21.1 Å². The minimum Gasteiger partial charge on any atom is -0.497 e. The number of nitrogens with zero attached hydrogens (tertiary/aromatic N) is 4. The number of hydrogen-bond donors (Lipinski definition) is 0. The van der Waals surface area contributed by atoms with Crippen molar-refractivity contribution in [1.82, 2.24) is 18.3 Å². The Bertz CT molecular complexity index is 1730. The average Bonchev–Trinajstić information content (AvgIpc) is 3.42. The van der Waals surface area contributed by atoms with Gasteiger partial charge in [-0.1, -0.05) is 18.2 Å². The molecule has 0 bridgehead atoms. The largest absolute Gasteiger partial charge is 0.497 e. The summed E-state index contributed by atoms with van der Waals surface area (Å²) in [6.45, 7) is 1.06. The van der Waals surface area contributed by atoms with Gasteiger partial charge in [-0.3, -0.25) is 13.9 Å². The number of rotatable bonds is 3. The summed E-state index contributed by atoms with van der Waals surface area (Å²) in [7, 11) is 6.88. The lowest BCUT2D eigenvalue weighted by Crippen LogP contribution is -2.37. The van der Waals surface area contributed by atoms with Crippen molar-refractivity contribution < 1.29 is 9.47 Å². The summed E-state index contributed by atoms with van der Waals surface area (Å²) in [5.74, 6) is 0.737. The minimum atomic E-state index is -0.429. The van der Waals surface area contributed by atoms with E-state index in [9.17, 15) is 9.59 Å². The topological polar surface area (TPSA) is 72.3 Å². The number of methoxy groups -OCH3 is 1. The molecule has 6 rings (SSSR count). The molecule has 0 fully saturated rings. The Hall–Kier alpha value is -4.04. The fourth-order valence-corrected chi connectivity index (χ4v) is 5.45. The third-order valence-electron chi connectivity index (χ3n) is 7.13. The maximum Gasteiger partial charge on any atom is 0.331 e. The van der Waals surface area contributed by atoms with Crippen LogP contribution < -0.4 is 16.0 Å². The first kappa shape index (κ1) is 21.5. The second-order valence-electron chi connectivity index (χ2n) is 9.01. The van der Waals surface area contributed by atoms with E-state index in [4.69, 9.17) is 9.47 Å². The Morgan fingerprint density at radius 1 is 0.971 bits per heavy atom. The highest BCUT2D eigenvalue weighted by atomic mass is 16.5. The van der Waals surface area contributed by atoms with Gasteiger partial charge in [0.2, 0.25) is 0 Å². The monoisotopic (exact) mass is 470 g/mol. The number of aromatic nitrogens is 4. The molecule has 1 aliphatic heterocycles. The van der Waals surface area contributed by atoms with Crippen LogP contribution in [0.3, 0.4) is 0 Å². The highest BCUT2D eigenvalue weighted by Crippen LogP contribution is 2.42. The lowest BCUT2D eigenvalue weighted by Gasteiger charge is -2.27. The van der Waals surface area contributed by atoms with Crippen molar-refractivity contribution in [3.63, 3.8) is 0 Å². The van der Waals surface area contributed by atoms with E-state index in [0.29, 0.717) is 24.1 Å². The molecule has 4 heterocycles. The van der Waals surface area contributed by atoms with Crippen LogP contribution in [0, 0.1) is 0 Å². The Morgan fingerprint density at radius 2 is 1.71 bits per heavy atom. The summed E-state index contributed by atoms with van der Waals surface area (Å²) in [4.78, 5) is 26.6. The fraction of sp³-hybridized carbons (Fsp3) is 0.259. The van der Waals surface area contributed by atoms with Crippen molar-refractivity contribution in [2.45, 2.75) is 12.6 Å². The van der Waals surface area contributed by atoms with Crippen LogP contribution in [-0.4, -0.2) is 32.0 Å². The Labute approximate surface area is 201 Å². The van der Waals surface area contributed by atoms with Crippen molar-refractivity contribution in [1.29, 1.82) is 0 Å². The molecular formula is C27H26N4O4. The summed E-state index contributed by atoms with van der Waals surface area (Å²) in [6.07, 6.45) is 1.65. The van der Waals surface area contributed by atoms with Crippen molar-refractivity contribution in [3.05, 3.63) is 86.8 Å². The van der Waals surface area contributed by atoms with Crippen LogP contribution in [0.1, 0.15) is 17.4 Å². The first-order chi connectivity index (χ1) is 16.9. The van der Waals surface area contributed by atoms with Crippen molar-refractivity contribution in [3.8, 4) is 17.0 Å². The molecule has 0 amide bonds. The predicted molar refractivity (Wildman–Crippen MR) is 135 cm³/mol. The summed E-state index contributed by atoms with van der Waals surface area (Å²) >= 11 is 0. The van der Waals surface area contributed by atoms with E-state index in [1.165, 1.54) is 11.6 Å². The molecule has 0 unspecified atom stereocenters. The average molecular weight is 471 g/mol. The summed E-state index contributed by atoms with van der Waals surface area (Å²) in [5.41, 5.74) is 4.55. The van der Waals surface area contributed by atoms with Gasteiger partial charge in [0.15, 0.2) is 0 Å². The van der Waals surface area contributed by atoms with Gasteiger partial charge in [-0.05, 0) is 35.9 Å². The zero-order valence-corrected chi connectivity index (χ0v) is 20.1. The van der Waals surface area contributed by atoms with E-state index >= 15 is 0 Å². The van der Waals surface area contributed by atoms with Crippen LogP contribution >= 0.6 is 0 Å². The standard InChI is InChI=1S/C27H26N4O4/c1-28-15-19(18-7-5-6-8-20(18)28)25-24-23-21(26(32)30(3)27(33)29(23)2)22(31(24)13-14-35-25)16-9-11-17(34-4)12-10-16/h5-12,15,25H,13-14H2,1-4H3/t25-/m1/s1. The van der Waals surface area contributed by atoms with E-state index in [-0.39, 0.29) is 11.2 Å². The molecule has 5 aromatic rings. The number of hydrogen-bond acceptors (Lipinski definition) is 4. The molecule has 35 heavy (non-hydrogen) atoms. The molecule has 8 nitrogen and oxygen atoms in total. The predicted octanol–water partition coefficient (Wildman–Crippen LogP) is 3.33. The maximum absolute atomic E-state index is 13.6. The van der Waals surface area contributed by atoms with Gasteiger partial charge >= 0.3 is 5.69 Å². The third-order valence-corrected chi connectivity index (χ3v) is 7.13. The van der Waals surface area contributed by atoms with Gasteiger partial charge in [0.25, 0.3) is 5.56 Å². The Kier molecular flexibility index (Phi) is 4.76. The summed E-state index contributed by atoms with van der Waals surface area (Å²) in [6, 6.07) is 15.9. The molecule has 3 aromatic heterocycles. The molecule has 1 aliphatic rings. The van der Waals surface area contributed by atoms with Gasteiger partial charge in [-0.15, -0.1) is 0 Å². The molecule has 0 saturated carbocycles. The van der Waals surface area contributed by atoms with Crippen molar-refractivity contribution in [2.75, 3.05) is 13.7 Å². The Balaban J connectivity index is 1.74. The van der Waals surface area contributed by atoms with Gasteiger partial charge in [0.05, 0.1) is 36.0 Å². The maximum atomic E-state index is 13.6. The smallest absolute Gasteiger partial charge is 0.331 e. The third kappa shape index (κ3) is 2.96. The zero-order valence-electron chi connectivity index (χ0n) is 20.1. The fourth-order valence-electron chi connectivity index (χ4n) is 5.45. The number of ether oxygens (including phenoxy) is 2. The molecule has 2 aromatic carbocycles. The second kappa shape index (κ2) is 7.74. The molecule has 0 radical (unpaired) electrons. The molecule has 0 saturated heterocycles. The highest BCUT2D eigenvalue weighted by Gasteiger charge is 2.34.